The monoisotopic (exact) mass is 242 g/mol. The van der Waals surface area contributed by atoms with E-state index in [0.29, 0.717) is 0 Å². The van der Waals surface area contributed by atoms with Crippen LogP contribution in [0.4, 0.5) is 0 Å². The molecule has 3 rings (SSSR count). The second kappa shape index (κ2) is 4.53. The van der Waals surface area contributed by atoms with E-state index in [2.05, 4.69) is 27.5 Å². The lowest BCUT2D eigenvalue weighted by Crippen LogP contribution is -2.16. The van der Waals surface area contributed by atoms with Crippen LogP contribution in [0.5, 0.6) is 0 Å². The maximum atomic E-state index is 4.53. The zero-order valence-electron chi connectivity index (χ0n) is 10.8. The van der Waals surface area contributed by atoms with Crippen molar-refractivity contribution in [3.63, 3.8) is 0 Å². The minimum absolute atomic E-state index is 0.730. The third-order valence-corrected chi connectivity index (χ3v) is 3.13. The smallest absolute Gasteiger partial charge is 0.153 e. The van der Waals surface area contributed by atoms with Gasteiger partial charge in [-0.2, -0.15) is 5.10 Å². The molecule has 0 unspecified atom stereocenters. The largest absolute Gasteiger partial charge is 0.310 e. The SMILES string of the molecule is Cc1cc(CNC2CC2)cc(-n2ccc(C)n2)n1. The Morgan fingerprint density at radius 2 is 2.11 bits per heavy atom. The van der Waals surface area contributed by atoms with Gasteiger partial charge in [-0.1, -0.05) is 0 Å². The van der Waals surface area contributed by atoms with Crippen LogP contribution >= 0.6 is 0 Å². The molecule has 2 aromatic rings. The first kappa shape index (κ1) is 11.4. The third kappa shape index (κ3) is 2.59. The highest BCUT2D eigenvalue weighted by Crippen LogP contribution is 2.19. The predicted octanol–water partition coefficient (Wildman–Crippen LogP) is 2.14. The summed E-state index contributed by atoms with van der Waals surface area (Å²) in [4.78, 5) is 4.53. The molecule has 1 aliphatic carbocycles. The minimum Gasteiger partial charge on any atom is -0.310 e. The summed E-state index contributed by atoms with van der Waals surface area (Å²) in [5.41, 5.74) is 3.32. The Labute approximate surface area is 107 Å². The summed E-state index contributed by atoms with van der Waals surface area (Å²) < 4.78 is 1.84. The van der Waals surface area contributed by atoms with Crippen LogP contribution in [0.2, 0.25) is 0 Å². The molecule has 18 heavy (non-hydrogen) atoms. The zero-order valence-corrected chi connectivity index (χ0v) is 10.8. The molecule has 0 aromatic carbocycles. The quantitative estimate of drug-likeness (QED) is 0.893. The summed E-state index contributed by atoms with van der Waals surface area (Å²) in [6.07, 6.45) is 4.58. The average Bonchev–Trinajstić information content (AvgIpc) is 3.07. The van der Waals surface area contributed by atoms with E-state index in [1.165, 1.54) is 18.4 Å². The van der Waals surface area contributed by atoms with E-state index >= 15 is 0 Å². The molecule has 4 heteroatoms. The summed E-state index contributed by atoms with van der Waals surface area (Å²) in [6.45, 7) is 4.93. The van der Waals surface area contributed by atoms with Gasteiger partial charge in [0.15, 0.2) is 5.82 Å². The molecule has 0 spiro atoms. The molecule has 2 heterocycles. The fourth-order valence-corrected chi connectivity index (χ4v) is 2.03. The summed E-state index contributed by atoms with van der Waals surface area (Å²) in [7, 11) is 0. The van der Waals surface area contributed by atoms with Crippen LogP contribution in [0.15, 0.2) is 24.4 Å². The van der Waals surface area contributed by atoms with Crippen LogP contribution in [-0.2, 0) is 6.54 Å². The molecule has 0 amide bonds. The molecule has 0 aliphatic heterocycles. The number of rotatable bonds is 4. The number of aryl methyl sites for hydroxylation is 2. The third-order valence-electron chi connectivity index (χ3n) is 3.13. The summed E-state index contributed by atoms with van der Waals surface area (Å²) >= 11 is 0. The first-order chi connectivity index (χ1) is 8.70. The molecule has 0 saturated heterocycles. The van der Waals surface area contributed by atoms with Gasteiger partial charge in [0.2, 0.25) is 0 Å². The number of nitrogens with zero attached hydrogens (tertiary/aromatic N) is 3. The lowest BCUT2D eigenvalue weighted by Gasteiger charge is -2.07. The zero-order chi connectivity index (χ0) is 12.5. The van der Waals surface area contributed by atoms with Gasteiger partial charge >= 0.3 is 0 Å². The van der Waals surface area contributed by atoms with E-state index < -0.39 is 0 Å². The Morgan fingerprint density at radius 3 is 2.78 bits per heavy atom. The van der Waals surface area contributed by atoms with Crippen molar-refractivity contribution in [3.8, 4) is 5.82 Å². The number of pyridine rings is 1. The van der Waals surface area contributed by atoms with Gasteiger partial charge in [-0.05, 0) is 50.5 Å². The van der Waals surface area contributed by atoms with Crippen molar-refractivity contribution in [2.75, 3.05) is 0 Å². The van der Waals surface area contributed by atoms with Crippen molar-refractivity contribution >= 4 is 0 Å². The van der Waals surface area contributed by atoms with Crippen LogP contribution in [0.25, 0.3) is 5.82 Å². The van der Waals surface area contributed by atoms with Crippen molar-refractivity contribution in [1.82, 2.24) is 20.1 Å². The van der Waals surface area contributed by atoms with E-state index in [9.17, 15) is 0 Å². The summed E-state index contributed by atoms with van der Waals surface area (Å²) in [5, 5.41) is 7.93. The molecule has 1 fully saturated rings. The molecular formula is C14H18N4. The van der Waals surface area contributed by atoms with Gasteiger partial charge < -0.3 is 5.32 Å². The van der Waals surface area contributed by atoms with Gasteiger partial charge in [0.05, 0.1) is 5.69 Å². The van der Waals surface area contributed by atoms with Crippen molar-refractivity contribution in [2.24, 2.45) is 0 Å². The first-order valence-corrected chi connectivity index (χ1v) is 6.44. The summed E-state index contributed by atoms with van der Waals surface area (Å²) in [6, 6.07) is 6.96. The van der Waals surface area contributed by atoms with E-state index in [1.54, 1.807) is 0 Å². The van der Waals surface area contributed by atoms with Crippen LogP contribution in [0.3, 0.4) is 0 Å². The Kier molecular flexibility index (Phi) is 2.88. The van der Waals surface area contributed by atoms with Crippen LogP contribution in [-0.4, -0.2) is 20.8 Å². The van der Waals surface area contributed by atoms with Gasteiger partial charge in [0.1, 0.15) is 0 Å². The summed E-state index contributed by atoms with van der Waals surface area (Å²) in [5.74, 6) is 0.899. The topological polar surface area (TPSA) is 42.7 Å². The maximum Gasteiger partial charge on any atom is 0.153 e. The van der Waals surface area contributed by atoms with Crippen molar-refractivity contribution < 1.29 is 0 Å². The molecule has 1 N–H and O–H groups in total. The van der Waals surface area contributed by atoms with Crippen molar-refractivity contribution in [3.05, 3.63) is 41.3 Å². The normalized spacial score (nSPS) is 15.0. The number of nitrogens with one attached hydrogen (secondary N) is 1. The van der Waals surface area contributed by atoms with Gasteiger partial charge in [-0.25, -0.2) is 9.67 Å². The molecule has 0 bridgehead atoms. The second-order valence-electron chi connectivity index (χ2n) is 5.03. The maximum absolute atomic E-state index is 4.53. The van der Waals surface area contributed by atoms with Gasteiger partial charge in [0.25, 0.3) is 0 Å². The van der Waals surface area contributed by atoms with E-state index in [-0.39, 0.29) is 0 Å². The Hall–Kier alpha value is -1.68. The first-order valence-electron chi connectivity index (χ1n) is 6.44. The molecule has 1 aliphatic rings. The van der Waals surface area contributed by atoms with Crippen molar-refractivity contribution in [1.29, 1.82) is 0 Å². The highest BCUT2D eigenvalue weighted by Gasteiger charge is 2.20. The molecule has 94 valence electrons. The average molecular weight is 242 g/mol. The standard InChI is InChI=1S/C14H18N4/c1-10-5-6-18(17-10)14-8-12(7-11(2)16-14)9-15-13-3-4-13/h5-8,13,15H,3-4,9H2,1-2H3. The molecular weight excluding hydrogens is 224 g/mol. The van der Waals surface area contributed by atoms with E-state index in [1.807, 2.05) is 30.8 Å². The van der Waals surface area contributed by atoms with Gasteiger partial charge in [-0.15, -0.1) is 0 Å². The lowest BCUT2D eigenvalue weighted by molar-refractivity contribution is 0.684. The van der Waals surface area contributed by atoms with Crippen LogP contribution < -0.4 is 5.32 Å². The fourth-order valence-electron chi connectivity index (χ4n) is 2.03. The highest BCUT2D eigenvalue weighted by molar-refractivity contribution is 5.30. The van der Waals surface area contributed by atoms with Crippen LogP contribution in [0, 0.1) is 13.8 Å². The minimum atomic E-state index is 0.730. The molecule has 4 nitrogen and oxygen atoms in total. The highest BCUT2D eigenvalue weighted by atomic mass is 15.3. The van der Waals surface area contributed by atoms with Crippen molar-refractivity contribution in [2.45, 2.75) is 39.3 Å². The van der Waals surface area contributed by atoms with E-state index in [4.69, 9.17) is 0 Å². The van der Waals surface area contributed by atoms with E-state index in [0.717, 1.165) is 29.8 Å². The number of hydrogen-bond donors (Lipinski definition) is 1. The molecule has 0 atom stereocenters. The Balaban J connectivity index is 1.84. The van der Waals surface area contributed by atoms with Gasteiger partial charge in [0, 0.05) is 24.5 Å². The molecule has 0 radical (unpaired) electrons. The van der Waals surface area contributed by atoms with Crippen LogP contribution in [0.1, 0.15) is 29.8 Å². The Morgan fingerprint density at radius 1 is 1.28 bits per heavy atom. The Bertz CT molecular complexity index is 555. The second-order valence-corrected chi connectivity index (χ2v) is 5.03. The molecule has 1 saturated carbocycles. The van der Waals surface area contributed by atoms with Gasteiger partial charge in [-0.3, -0.25) is 0 Å². The predicted molar refractivity (Wildman–Crippen MR) is 70.7 cm³/mol. The number of hydrogen-bond acceptors (Lipinski definition) is 3. The fraction of sp³-hybridized carbons (Fsp3) is 0.429. The number of aromatic nitrogens is 3. The lowest BCUT2D eigenvalue weighted by atomic mass is 10.2. The molecule has 2 aromatic heterocycles.